The van der Waals surface area contributed by atoms with E-state index in [1.807, 2.05) is 6.92 Å². The standard InChI is InChI=1S/C11H23NO/c1-3-4-5-6-10-7-8-11(13-10)9(2)12/h9-11H,3-8,12H2,1-2H3/t9-,10+,11-/m0/s1. The molecule has 1 aliphatic rings. The highest BCUT2D eigenvalue weighted by Crippen LogP contribution is 2.25. The maximum absolute atomic E-state index is 5.84. The van der Waals surface area contributed by atoms with Gasteiger partial charge in [-0.05, 0) is 26.2 Å². The van der Waals surface area contributed by atoms with E-state index in [4.69, 9.17) is 10.5 Å². The van der Waals surface area contributed by atoms with Gasteiger partial charge >= 0.3 is 0 Å². The highest BCUT2D eigenvalue weighted by molar-refractivity contribution is 4.79. The second kappa shape index (κ2) is 5.61. The fraction of sp³-hybridized carbons (Fsp3) is 1.00. The van der Waals surface area contributed by atoms with Gasteiger partial charge in [-0.15, -0.1) is 0 Å². The van der Waals surface area contributed by atoms with Gasteiger partial charge in [0.2, 0.25) is 0 Å². The second-order valence-corrected chi connectivity index (χ2v) is 4.23. The maximum atomic E-state index is 5.84. The molecule has 2 heteroatoms. The predicted octanol–water partition coefficient (Wildman–Crippen LogP) is 2.46. The summed E-state index contributed by atoms with van der Waals surface area (Å²) in [5, 5.41) is 0. The molecule has 1 heterocycles. The molecule has 0 aliphatic carbocycles. The summed E-state index contributed by atoms with van der Waals surface area (Å²) in [5.74, 6) is 0. The highest BCUT2D eigenvalue weighted by Gasteiger charge is 2.26. The number of hydrogen-bond donors (Lipinski definition) is 1. The van der Waals surface area contributed by atoms with Crippen LogP contribution in [0.2, 0.25) is 0 Å². The van der Waals surface area contributed by atoms with Crippen LogP contribution in [0.15, 0.2) is 0 Å². The van der Waals surface area contributed by atoms with Gasteiger partial charge in [0, 0.05) is 6.04 Å². The van der Waals surface area contributed by atoms with Crippen molar-refractivity contribution in [1.29, 1.82) is 0 Å². The zero-order valence-corrected chi connectivity index (χ0v) is 8.96. The van der Waals surface area contributed by atoms with Crippen molar-refractivity contribution in [3.05, 3.63) is 0 Å². The van der Waals surface area contributed by atoms with Crippen LogP contribution < -0.4 is 5.73 Å². The number of nitrogens with two attached hydrogens (primary N) is 1. The van der Waals surface area contributed by atoms with Crippen molar-refractivity contribution in [1.82, 2.24) is 0 Å². The van der Waals surface area contributed by atoms with Crippen LogP contribution in [0.3, 0.4) is 0 Å². The van der Waals surface area contributed by atoms with E-state index >= 15 is 0 Å². The smallest absolute Gasteiger partial charge is 0.0727 e. The molecule has 2 nitrogen and oxygen atoms in total. The van der Waals surface area contributed by atoms with Crippen LogP contribution in [0.5, 0.6) is 0 Å². The Bertz CT molecular complexity index is 136. The van der Waals surface area contributed by atoms with Crippen molar-refractivity contribution in [3.8, 4) is 0 Å². The number of hydrogen-bond acceptors (Lipinski definition) is 2. The van der Waals surface area contributed by atoms with Crippen LogP contribution in [-0.4, -0.2) is 18.2 Å². The van der Waals surface area contributed by atoms with E-state index in [1.54, 1.807) is 0 Å². The molecule has 0 aromatic heterocycles. The van der Waals surface area contributed by atoms with Crippen molar-refractivity contribution in [2.75, 3.05) is 0 Å². The first kappa shape index (κ1) is 11.0. The van der Waals surface area contributed by atoms with Crippen LogP contribution in [0.25, 0.3) is 0 Å². The minimum absolute atomic E-state index is 0.205. The van der Waals surface area contributed by atoms with E-state index < -0.39 is 0 Å². The minimum atomic E-state index is 0.205. The number of ether oxygens (including phenoxy) is 1. The Hall–Kier alpha value is -0.0800. The molecular formula is C11H23NO. The zero-order chi connectivity index (χ0) is 9.68. The summed E-state index contributed by atoms with van der Waals surface area (Å²) in [5.41, 5.74) is 5.79. The predicted molar refractivity (Wildman–Crippen MR) is 55.7 cm³/mol. The van der Waals surface area contributed by atoms with Crippen LogP contribution in [0, 0.1) is 0 Å². The second-order valence-electron chi connectivity index (χ2n) is 4.23. The van der Waals surface area contributed by atoms with Gasteiger partial charge in [-0.2, -0.15) is 0 Å². The Balaban J connectivity index is 2.10. The lowest BCUT2D eigenvalue weighted by Gasteiger charge is -2.16. The SMILES string of the molecule is CCCCC[C@@H]1CC[C@@H]([C@H](C)N)O1. The quantitative estimate of drug-likeness (QED) is 0.668. The molecule has 2 N–H and O–H groups in total. The monoisotopic (exact) mass is 185 g/mol. The fourth-order valence-corrected chi connectivity index (χ4v) is 1.95. The summed E-state index contributed by atoms with van der Waals surface area (Å²) in [6, 6.07) is 0.205. The van der Waals surface area contributed by atoms with Crippen molar-refractivity contribution in [3.63, 3.8) is 0 Å². The van der Waals surface area contributed by atoms with E-state index in [1.165, 1.54) is 32.1 Å². The minimum Gasteiger partial charge on any atom is -0.373 e. The van der Waals surface area contributed by atoms with E-state index in [0.717, 1.165) is 6.42 Å². The van der Waals surface area contributed by atoms with Gasteiger partial charge in [0.15, 0.2) is 0 Å². The summed E-state index contributed by atoms with van der Waals surface area (Å²) in [6.45, 7) is 4.28. The number of unbranched alkanes of at least 4 members (excludes halogenated alkanes) is 2. The third-order valence-electron chi connectivity index (χ3n) is 2.86. The van der Waals surface area contributed by atoms with Gasteiger partial charge in [-0.25, -0.2) is 0 Å². The van der Waals surface area contributed by atoms with Crippen molar-refractivity contribution in [2.45, 2.75) is 70.6 Å². The average molecular weight is 185 g/mol. The van der Waals surface area contributed by atoms with E-state index in [0.29, 0.717) is 12.2 Å². The fourth-order valence-electron chi connectivity index (χ4n) is 1.95. The zero-order valence-electron chi connectivity index (χ0n) is 8.96. The van der Waals surface area contributed by atoms with Gasteiger partial charge in [0.1, 0.15) is 0 Å². The molecule has 1 saturated heterocycles. The molecule has 0 saturated carbocycles. The van der Waals surface area contributed by atoms with E-state index in [2.05, 4.69) is 6.92 Å². The van der Waals surface area contributed by atoms with Gasteiger partial charge in [0.05, 0.1) is 12.2 Å². The van der Waals surface area contributed by atoms with Crippen LogP contribution >= 0.6 is 0 Å². The molecule has 1 aliphatic heterocycles. The van der Waals surface area contributed by atoms with Crippen LogP contribution in [0.1, 0.15) is 52.4 Å². The molecule has 0 spiro atoms. The molecule has 0 aromatic carbocycles. The molecule has 0 radical (unpaired) electrons. The van der Waals surface area contributed by atoms with Crippen LogP contribution in [-0.2, 0) is 4.74 Å². The molecule has 1 rings (SSSR count). The lowest BCUT2D eigenvalue weighted by molar-refractivity contribution is 0.0285. The Labute approximate surface area is 81.8 Å². The molecular weight excluding hydrogens is 162 g/mol. The first-order chi connectivity index (χ1) is 6.24. The average Bonchev–Trinajstić information content (AvgIpc) is 2.53. The Morgan fingerprint density at radius 2 is 2.15 bits per heavy atom. The summed E-state index contributed by atoms with van der Waals surface area (Å²) in [4.78, 5) is 0. The van der Waals surface area contributed by atoms with Crippen molar-refractivity contribution in [2.24, 2.45) is 5.73 Å². The summed E-state index contributed by atoms with van der Waals surface area (Å²) < 4.78 is 5.84. The third-order valence-corrected chi connectivity index (χ3v) is 2.86. The molecule has 13 heavy (non-hydrogen) atoms. The van der Waals surface area contributed by atoms with E-state index in [9.17, 15) is 0 Å². The molecule has 0 aromatic rings. The lowest BCUT2D eigenvalue weighted by Crippen LogP contribution is -2.31. The van der Waals surface area contributed by atoms with Gasteiger partial charge in [-0.3, -0.25) is 0 Å². The van der Waals surface area contributed by atoms with Crippen LogP contribution in [0.4, 0.5) is 0 Å². The molecule has 0 bridgehead atoms. The van der Waals surface area contributed by atoms with E-state index in [-0.39, 0.29) is 6.04 Å². The highest BCUT2D eigenvalue weighted by atomic mass is 16.5. The molecule has 78 valence electrons. The third kappa shape index (κ3) is 3.65. The lowest BCUT2D eigenvalue weighted by atomic mass is 10.1. The Morgan fingerprint density at radius 3 is 2.69 bits per heavy atom. The normalized spacial score (nSPS) is 30.7. The molecule has 0 unspecified atom stereocenters. The molecule has 3 atom stereocenters. The van der Waals surface area contributed by atoms with Crippen molar-refractivity contribution >= 4 is 0 Å². The number of rotatable bonds is 5. The molecule has 0 amide bonds. The summed E-state index contributed by atoms with van der Waals surface area (Å²) in [7, 11) is 0. The van der Waals surface area contributed by atoms with Gasteiger partial charge in [-0.1, -0.05) is 26.2 Å². The largest absolute Gasteiger partial charge is 0.373 e. The maximum Gasteiger partial charge on any atom is 0.0727 e. The summed E-state index contributed by atoms with van der Waals surface area (Å²) in [6.07, 6.45) is 8.38. The Kier molecular flexibility index (Phi) is 4.74. The first-order valence-electron chi connectivity index (χ1n) is 5.65. The topological polar surface area (TPSA) is 35.2 Å². The molecule has 1 fully saturated rings. The first-order valence-corrected chi connectivity index (χ1v) is 5.65. The van der Waals surface area contributed by atoms with Gasteiger partial charge < -0.3 is 10.5 Å². The van der Waals surface area contributed by atoms with Crippen molar-refractivity contribution < 1.29 is 4.74 Å². The van der Waals surface area contributed by atoms with Gasteiger partial charge in [0.25, 0.3) is 0 Å². The summed E-state index contributed by atoms with van der Waals surface area (Å²) >= 11 is 0. The Morgan fingerprint density at radius 1 is 1.38 bits per heavy atom.